The second-order valence-electron chi connectivity index (χ2n) is 5.01. The third-order valence-electron chi connectivity index (χ3n) is 3.27. The number of aliphatic imine (C=N–C) groups is 1. The second-order valence-corrected chi connectivity index (χ2v) is 5.01. The van der Waals surface area contributed by atoms with E-state index in [1.807, 2.05) is 13.8 Å². The topological polar surface area (TPSA) is 54.9 Å². The van der Waals surface area contributed by atoms with Crippen LogP contribution in [0.25, 0.3) is 0 Å². The van der Waals surface area contributed by atoms with Crippen molar-refractivity contribution in [3.8, 4) is 5.75 Å². The molecule has 0 saturated carbocycles. The summed E-state index contributed by atoms with van der Waals surface area (Å²) in [5.74, 6) is 0.641. The molecule has 0 aliphatic rings. The van der Waals surface area contributed by atoms with Crippen molar-refractivity contribution in [1.29, 1.82) is 0 Å². The average molecular weight is 453 g/mol. The number of para-hydroxylation sites is 1. The first kappa shape index (κ1) is 22.9. The van der Waals surface area contributed by atoms with E-state index in [9.17, 15) is 4.39 Å². The van der Waals surface area contributed by atoms with Gasteiger partial charge in [0.05, 0.1) is 6.54 Å². The van der Waals surface area contributed by atoms with E-state index in [1.54, 1.807) is 25.2 Å². The van der Waals surface area contributed by atoms with Gasteiger partial charge in [0.15, 0.2) is 17.5 Å². The molecule has 0 aromatic heterocycles. The average Bonchev–Trinajstić information content (AvgIpc) is 2.57. The van der Waals surface area contributed by atoms with Crippen molar-refractivity contribution < 1.29 is 13.9 Å². The van der Waals surface area contributed by atoms with Crippen molar-refractivity contribution in [2.45, 2.75) is 32.8 Å². The number of hydrogen-bond donors (Lipinski definition) is 2. The number of benzene rings is 1. The molecule has 5 nitrogen and oxygen atoms in total. The van der Waals surface area contributed by atoms with Gasteiger partial charge in [-0.05, 0) is 31.9 Å². The Kier molecular flexibility index (Phi) is 13.6. The van der Waals surface area contributed by atoms with Crippen LogP contribution in [0.1, 0.15) is 26.7 Å². The van der Waals surface area contributed by atoms with E-state index in [2.05, 4.69) is 15.6 Å². The van der Waals surface area contributed by atoms with Crippen LogP contribution in [0.15, 0.2) is 29.3 Å². The SMILES string of the molecule is CCOCCCNC(=NC)NCC(CC)Oc1ccccc1F.I. The Morgan fingerprint density at radius 2 is 2.00 bits per heavy atom. The van der Waals surface area contributed by atoms with Gasteiger partial charge in [-0.2, -0.15) is 0 Å². The molecule has 1 aromatic carbocycles. The molecule has 1 atom stereocenters. The summed E-state index contributed by atoms with van der Waals surface area (Å²) in [6, 6.07) is 6.44. The zero-order valence-corrected chi connectivity index (χ0v) is 17.0. The third kappa shape index (κ3) is 9.27. The van der Waals surface area contributed by atoms with Crippen LogP contribution < -0.4 is 15.4 Å². The van der Waals surface area contributed by atoms with Gasteiger partial charge in [-0.25, -0.2) is 4.39 Å². The first-order chi connectivity index (χ1) is 11.2. The first-order valence-electron chi connectivity index (χ1n) is 8.14. The number of nitrogens with one attached hydrogen (secondary N) is 2. The van der Waals surface area contributed by atoms with Crippen molar-refractivity contribution >= 4 is 29.9 Å². The molecule has 0 aliphatic carbocycles. The summed E-state index contributed by atoms with van der Waals surface area (Å²) < 4.78 is 24.6. The third-order valence-corrected chi connectivity index (χ3v) is 3.27. The number of halogens is 2. The Bertz CT molecular complexity index is 475. The summed E-state index contributed by atoms with van der Waals surface area (Å²) >= 11 is 0. The van der Waals surface area contributed by atoms with Crippen LogP contribution in [0.4, 0.5) is 4.39 Å². The van der Waals surface area contributed by atoms with Crippen LogP contribution in [0.3, 0.4) is 0 Å². The quantitative estimate of drug-likeness (QED) is 0.247. The first-order valence-corrected chi connectivity index (χ1v) is 8.14. The summed E-state index contributed by atoms with van der Waals surface area (Å²) in [5, 5.41) is 6.41. The van der Waals surface area contributed by atoms with Gasteiger partial charge in [0.25, 0.3) is 0 Å². The molecule has 0 bridgehead atoms. The van der Waals surface area contributed by atoms with E-state index in [-0.39, 0.29) is 41.6 Å². The number of ether oxygens (including phenoxy) is 2. The van der Waals surface area contributed by atoms with Gasteiger partial charge in [-0.15, -0.1) is 24.0 Å². The molecule has 7 heteroatoms. The van der Waals surface area contributed by atoms with Crippen LogP contribution in [-0.2, 0) is 4.74 Å². The van der Waals surface area contributed by atoms with E-state index in [0.717, 1.165) is 32.6 Å². The van der Waals surface area contributed by atoms with E-state index in [0.29, 0.717) is 12.5 Å². The smallest absolute Gasteiger partial charge is 0.191 e. The highest BCUT2D eigenvalue weighted by Crippen LogP contribution is 2.17. The molecule has 138 valence electrons. The van der Waals surface area contributed by atoms with Gasteiger partial charge in [0.2, 0.25) is 0 Å². The Labute approximate surface area is 161 Å². The number of rotatable bonds is 10. The fourth-order valence-corrected chi connectivity index (χ4v) is 1.95. The Hall–Kier alpha value is -1.09. The number of nitrogens with zero attached hydrogens (tertiary/aromatic N) is 1. The van der Waals surface area contributed by atoms with Crippen molar-refractivity contribution in [2.75, 3.05) is 33.4 Å². The lowest BCUT2D eigenvalue weighted by atomic mass is 10.2. The van der Waals surface area contributed by atoms with Crippen molar-refractivity contribution in [1.82, 2.24) is 10.6 Å². The minimum absolute atomic E-state index is 0. The van der Waals surface area contributed by atoms with Gasteiger partial charge in [0, 0.05) is 26.8 Å². The van der Waals surface area contributed by atoms with Gasteiger partial charge in [-0.3, -0.25) is 4.99 Å². The summed E-state index contributed by atoms with van der Waals surface area (Å²) in [5.41, 5.74) is 0. The predicted molar refractivity (Wildman–Crippen MR) is 107 cm³/mol. The maximum absolute atomic E-state index is 13.6. The summed E-state index contributed by atoms with van der Waals surface area (Å²) in [6.07, 6.45) is 1.55. The zero-order valence-electron chi connectivity index (χ0n) is 14.7. The van der Waals surface area contributed by atoms with Gasteiger partial charge in [-0.1, -0.05) is 19.1 Å². The van der Waals surface area contributed by atoms with Crippen LogP contribution in [0.5, 0.6) is 5.75 Å². The van der Waals surface area contributed by atoms with E-state index in [4.69, 9.17) is 9.47 Å². The number of guanidine groups is 1. The molecule has 24 heavy (non-hydrogen) atoms. The zero-order chi connectivity index (χ0) is 16.9. The fraction of sp³-hybridized carbons (Fsp3) is 0.588. The largest absolute Gasteiger partial charge is 0.486 e. The van der Waals surface area contributed by atoms with Gasteiger partial charge in [0.1, 0.15) is 6.10 Å². The molecule has 0 amide bonds. The fourth-order valence-electron chi connectivity index (χ4n) is 1.95. The monoisotopic (exact) mass is 453 g/mol. The molecular formula is C17H29FIN3O2. The summed E-state index contributed by atoms with van der Waals surface area (Å²) in [7, 11) is 1.72. The van der Waals surface area contributed by atoms with E-state index >= 15 is 0 Å². The molecule has 0 heterocycles. The van der Waals surface area contributed by atoms with Crippen molar-refractivity contribution in [3.63, 3.8) is 0 Å². The van der Waals surface area contributed by atoms with E-state index in [1.165, 1.54) is 6.07 Å². The maximum atomic E-state index is 13.6. The molecule has 1 rings (SSSR count). The molecule has 1 aromatic rings. The molecular weight excluding hydrogens is 424 g/mol. The second kappa shape index (κ2) is 14.3. The normalized spacial score (nSPS) is 12.2. The summed E-state index contributed by atoms with van der Waals surface area (Å²) in [6.45, 7) is 6.79. The lowest BCUT2D eigenvalue weighted by Crippen LogP contribution is -2.42. The predicted octanol–water partition coefficient (Wildman–Crippen LogP) is 3.19. The molecule has 0 spiro atoms. The van der Waals surface area contributed by atoms with Crippen LogP contribution >= 0.6 is 24.0 Å². The lowest BCUT2D eigenvalue weighted by Gasteiger charge is -2.20. The Balaban J connectivity index is 0.00000529. The molecule has 0 radical (unpaired) electrons. The molecule has 0 aliphatic heterocycles. The summed E-state index contributed by atoms with van der Waals surface area (Å²) in [4.78, 5) is 4.16. The highest BCUT2D eigenvalue weighted by Gasteiger charge is 2.11. The van der Waals surface area contributed by atoms with Crippen LogP contribution in [0, 0.1) is 5.82 Å². The minimum atomic E-state index is -0.343. The van der Waals surface area contributed by atoms with Gasteiger partial charge >= 0.3 is 0 Å². The Morgan fingerprint density at radius 3 is 2.62 bits per heavy atom. The van der Waals surface area contributed by atoms with Crippen molar-refractivity contribution in [2.24, 2.45) is 4.99 Å². The molecule has 0 fully saturated rings. The highest BCUT2D eigenvalue weighted by molar-refractivity contribution is 14.0. The maximum Gasteiger partial charge on any atom is 0.191 e. The minimum Gasteiger partial charge on any atom is -0.486 e. The number of hydrogen-bond acceptors (Lipinski definition) is 3. The van der Waals surface area contributed by atoms with Crippen LogP contribution in [-0.4, -0.2) is 45.4 Å². The molecule has 0 saturated heterocycles. The van der Waals surface area contributed by atoms with Gasteiger partial charge < -0.3 is 20.1 Å². The Morgan fingerprint density at radius 1 is 1.25 bits per heavy atom. The lowest BCUT2D eigenvalue weighted by molar-refractivity contribution is 0.145. The standard InChI is InChI=1S/C17H28FN3O2.HI/c1-4-14(23-16-10-7-6-9-15(16)18)13-21-17(19-3)20-11-8-12-22-5-2;/h6-7,9-10,14H,4-5,8,11-13H2,1-3H3,(H2,19,20,21);1H. The molecule has 1 unspecified atom stereocenters. The molecule has 2 N–H and O–H groups in total. The van der Waals surface area contributed by atoms with Crippen LogP contribution in [0.2, 0.25) is 0 Å². The van der Waals surface area contributed by atoms with E-state index < -0.39 is 0 Å². The highest BCUT2D eigenvalue weighted by atomic mass is 127. The van der Waals surface area contributed by atoms with Crippen molar-refractivity contribution in [3.05, 3.63) is 30.1 Å².